The van der Waals surface area contributed by atoms with E-state index in [-0.39, 0.29) is 71.6 Å². The lowest BCUT2D eigenvalue weighted by atomic mass is 9.97. The van der Waals surface area contributed by atoms with Crippen molar-refractivity contribution in [2.45, 2.75) is 125 Å². The number of hydrogen-bond donors (Lipinski definition) is 4. The Balaban J connectivity index is 1.03. The van der Waals surface area contributed by atoms with E-state index in [1.165, 1.54) is 31.4 Å². The number of primary amides is 2. The number of piperidine rings is 2. The molecule has 414 valence electrons. The fourth-order valence-electron chi connectivity index (χ4n) is 9.66. The molecule has 4 aromatic heterocycles. The predicted molar refractivity (Wildman–Crippen MR) is 299 cm³/mol. The molecule has 0 bridgehead atoms. The monoisotopic (exact) mass is 1080 g/mol. The molecule has 6 N–H and O–H groups in total. The van der Waals surface area contributed by atoms with Gasteiger partial charge in [-0.15, -0.1) is 0 Å². The van der Waals surface area contributed by atoms with Crippen LogP contribution in [0.2, 0.25) is 18.1 Å². The number of nitrogens with zero attached hydrogens (tertiary/aromatic N) is 10. The van der Waals surface area contributed by atoms with Crippen molar-refractivity contribution in [3.05, 3.63) is 82.5 Å². The van der Waals surface area contributed by atoms with Crippen molar-refractivity contribution in [1.29, 1.82) is 0 Å². The van der Waals surface area contributed by atoms with Gasteiger partial charge in [0, 0.05) is 75.5 Å². The summed E-state index contributed by atoms with van der Waals surface area (Å²) in [5.74, 6) is 5.15. The second kappa shape index (κ2) is 23.3. The van der Waals surface area contributed by atoms with Gasteiger partial charge in [-0.25, -0.2) is 14.8 Å². The molecule has 0 unspecified atom stereocenters. The number of likely N-dealkylation sites (tertiary alicyclic amines) is 2. The minimum atomic E-state index is -1.90. The van der Waals surface area contributed by atoms with Gasteiger partial charge < -0.3 is 44.3 Å². The maximum atomic E-state index is 14.0. The number of carbonyl (C=O) groups excluding carboxylic acids is 5. The van der Waals surface area contributed by atoms with Crippen molar-refractivity contribution in [2.75, 3.05) is 50.5 Å². The molecule has 0 spiro atoms. The zero-order chi connectivity index (χ0) is 56.2. The van der Waals surface area contributed by atoms with E-state index in [0.717, 1.165) is 25.7 Å². The quantitative estimate of drug-likeness (QED) is 0.0405. The van der Waals surface area contributed by atoms with Crippen molar-refractivity contribution in [3.8, 4) is 23.3 Å². The summed E-state index contributed by atoms with van der Waals surface area (Å²) >= 11 is 0. The number of carbonyl (C=O) groups is 5. The summed E-state index contributed by atoms with van der Waals surface area (Å²) in [5, 5.41) is 14.9. The van der Waals surface area contributed by atoms with E-state index in [1.807, 2.05) is 35.8 Å². The molecule has 2 fully saturated rings. The van der Waals surface area contributed by atoms with E-state index in [0.29, 0.717) is 89.9 Å². The number of fused-ring (bicyclic) bond motifs is 2. The second-order valence-electron chi connectivity index (χ2n) is 21.3. The molecule has 22 nitrogen and oxygen atoms in total. The summed E-state index contributed by atoms with van der Waals surface area (Å²) in [5.41, 5.74) is 15.4. The van der Waals surface area contributed by atoms with Crippen molar-refractivity contribution in [2.24, 2.45) is 17.4 Å². The average Bonchev–Trinajstić information content (AvgIpc) is 4.29. The molecule has 2 aromatic carbocycles. The van der Waals surface area contributed by atoms with Crippen LogP contribution in [0, 0.1) is 31.6 Å². The standard InChI is InChI=1S/C55H72N14O8Si/c1-11-68-42(28-34(3)62-68)50(72)60-52-58-40-30-37(48(56)70)32-44(75-8)46(40)66(52)21-13-14-22-67-47-41(59-53(67)61-51(73)43-29-35(4)63-69(43)12-2)31-38(49(57)71)33-45(47)76-27-15-16-36-17-23-64(24-18-36)54(74)65-25-19-39(20-26-65)77-78(9,10)55(5,6)7/h13-14,28-33,36,39H,11-12,17-27H2,1-10H3,(H2,56,70)(H2,57,71)(H,58,60,72)(H,59,61,73)/b14-13+. The number of hydrogen-bond acceptors (Lipinski definition) is 12. The van der Waals surface area contributed by atoms with E-state index in [2.05, 4.69) is 66.5 Å². The zero-order valence-electron chi connectivity index (χ0n) is 46.4. The second-order valence-corrected chi connectivity index (χ2v) is 26.0. The molecule has 6 amide bonds. The van der Waals surface area contributed by atoms with Crippen LogP contribution in [-0.2, 0) is 30.6 Å². The van der Waals surface area contributed by atoms with Gasteiger partial charge in [-0.2, -0.15) is 10.2 Å². The van der Waals surface area contributed by atoms with Crippen LogP contribution in [0.4, 0.5) is 16.7 Å². The summed E-state index contributed by atoms with van der Waals surface area (Å²) < 4.78 is 25.4. The number of imidazole rings is 2. The van der Waals surface area contributed by atoms with E-state index in [1.54, 1.807) is 44.5 Å². The Kier molecular flexibility index (Phi) is 16.8. The predicted octanol–water partition coefficient (Wildman–Crippen LogP) is 7.10. The first-order chi connectivity index (χ1) is 37.1. The van der Waals surface area contributed by atoms with Crippen LogP contribution < -0.4 is 31.6 Å². The Bertz CT molecular complexity index is 3350. The van der Waals surface area contributed by atoms with Gasteiger partial charge in [0.2, 0.25) is 23.7 Å². The Morgan fingerprint density at radius 3 is 1.63 bits per heavy atom. The van der Waals surface area contributed by atoms with Gasteiger partial charge in [0.1, 0.15) is 40.5 Å². The molecule has 0 aliphatic carbocycles. The van der Waals surface area contributed by atoms with Crippen LogP contribution in [0.3, 0.4) is 0 Å². The van der Waals surface area contributed by atoms with Crippen molar-refractivity contribution < 1.29 is 37.9 Å². The molecule has 8 rings (SSSR count). The van der Waals surface area contributed by atoms with Crippen molar-refractivity contribution in [3.63, 3.8) is 0 Å². The molecule has 2 aliphatic heterocycles. The number of nitrogens with two attached hydrogens (primary N) is 2. The first-order valence-corrected chi connectivity index (χ1v) is 29.4. The van der Waals surface area contributed by atoms with Crippen LogP contribution in [0.1, 0.15) is 113 Å². The number of ether oxygens (including phenoxy) is 2. The molecule has 6 heterocycles. The largest absolute Gasteiger partial charge is 0.494 e. The van der Waals surface area contributed by atoms with Gasteiger partial charge >= 0.3 is 6.03 Å². The van der Waals surface area contributed by atoms with Crippen molar-refractivity contribution >= 4 is 71.9 Å². The highest BCUT2D eigenvalue weighted by atomic mass is 28.4. The highest BCUT2D eigenvalue weighted by molar-refractivity contribution is 6.74. The minimum Gasteiger partial charge on any atom is -0.494 e. The van der Waals surface area contributed by atoms with E-state index in [4.69, 9.17) is 35.3 Å². The number of aromatic nitrogens is 8. The fourth-order valence-corrected chi connectivity index (χ4v) is 11.1. The molecule has 0 saturated carbocycles. The number of nitrogens with one attached hydrogen (secondary N) is 2. The highest BCUT2D eigenvalue weighted by Gasteiger charge is 2.40. The minimum absolute atomic E-state index is 0.0415. The van der Waals surface area contributed by atoms with Crippen LogP contribution in [-0.4, -0.2) is 132 Å². The molecular weight excluding hydrogens is 1010 g/mol. The lowest BCUT2D eigenvalue weighted by Gasteiger charge is -2.43. The van der Waals surface area contributed by atoms with E-state index in [9.17, 15) is 24.0 Å². The van der Waals surface area contributed by atoms with Gasteiger partial charge in [0.15, 0.2) is 8.32 Å². The number of methoxy groups -OCH3 is 1. The number of allylic oxidation sites excluding steroid dienone is 2. The smallest absolute Gasteiger partial charge is 0.320 e. The lowest BCUT2D eigenvalue weighted by Crippen LogP contribution is -2.52. The molecule has 0 atom stereocenters. The number of benzene rings is 2. The highest BCUT2D eigenvalue weighted by Crippen LogP contribution is 2.39. The molecule has 23 heteroatoms. The number of anilines is 2. The molecule has 2 aliphatic rings. The zero-order valence-corrected chi connectivity index (χ0v) is 47.4. The normalized spacial score (nSPS) is 14.7. The van der Waals surface area contributed by atoms with Crippen molar-refractivity contribution in [1.82, 2.24) is 48.5 Å². The Hall–Kier alpha value is -7.97. The number of aryl methyl sites for hydroxylation is 4. The summed E-state index contributed by atoms with van der Waals surface area (Å²) in [4.78, 5) is 79.9. The molecule has 6 aromatic rings. The lowest BCUT2D eigenvalue weighted by molar-refractivity contribution is 0.0824. The van der Waals surface area contributed by atoms with E-state index < -0.39 is 31.9 Å². The Morgan fingerprint density at radius 2 is 1.18 bits per heavy atom. The molecular formula is C55H72N14O8Si. The van der Waals surface area contributed by atoms with Crippen LogP contribution in [0.25, 0.3) is 22.1 Å². The van der Waals surface area contributed by atoms with Crippen LogP contribution in [0.15, 0.2) is 48.6 Å². The third-order valence-corrected chi connectivity index (χ3v) is 19.4. The topological polar surface area (TPSA) is 267 Å². The van der Waals surface area contributed by atoms with E-state index >= 15 is 0 Å². The fraction of sp³-hybridized carbons (Fsp3) is 0.473. The van der Waals surface area contributed by atoms with Crippen LogP contribution >= 0.6 is 0 Å². The average molecular weight is 1090 g/mol. The number of rotatable bonds is 17. The van der Waals surface area contributed by atoms with Gasteiger partial charge in [-0.1, -0.05) is 44.8 Å². The van der Waals surface area contributed by atoms with Crippen LogP contribution in [0.5, 0.6) is 11.5 Å². The summed E-state index contributed by atoms with van der Waals surface area (Å²) in [6.45, 7) is 22.3. The maximum absolute atomic E-state index is 14.0. The first-order valence-electron chi connectivity index (χ1n) is 26.5. The molecule has 2 saturated heterocycles. The van der Waals surface area contributed by atoms with Gasteiger partial charge in [-0.05, 0) is 108 Å². The van der Waals surface area contributed by atoms with Gasteiger partial charge in [0.05, 0.1) is 29.5 Å². The van der Waals surface area contributed by atoms with Gasteiger partial charge in [0.25, 0.3) is 11.8 Å². The third kappa shape index (κ3) is 12.2. The maximum Gasteiger partial charge on any atom is 0.320 e. The number of urea groups is 1. The summed E-state index contributed by atoms with van der Waals surface area (Å²) in [6, 6.07) is 9.56. The SMILES string of the molecule is CCn1nc(C)cc1C(=O)Nc1nc2cc(C(N)=O)cc(OC)c2n1C/C=C/Cn1c(NC(=O)c2cc(C)nn2CC)nc2cc(C(N)=O)cc(OCC#CC3CCN(C(=O)N4CCC(O[Si](C)(C)C(C)(C)C)CC4)CC3)c21. The molecule has 0 radical (unpaired) electrons. The first kappa shape index (κ1) is 56.2. The Morgan fingerprint density at radius 1 is 0.718 bits per heavy atom. The summed E-state index contributed by atoms with van der Waals surface area (Å²) in [6.07, 6.45) is 6.97. The molecule has 78 heavy (non-hydrogen) atoms. The Labute approximate surface area is 454 Å². The number of amides is 6. The summed E-state index contributed by atoms with van der Waals surface area (Å²) in [7, 11) is -0.437. The third-order valence-electron chi connectivity index (χ3n) is 14.8. The van der Waals surface area contributed by atoms with Gasteiger partial charge in [-0.3, -0.25) is 39.2 Å².